The molecule has 0 bridgehead atoms. The van der Waals surface area contributed by atoms with Gasteiger partial charge in [0, 0.05) is 32.8 Å². The van der Waals surface area contributed by atoms with Gasteiger partial charge in [-0.1, -0.05) is 13.8 Å². The summed E-state index contributed by atoms with van der Waals surface area (Å²) in [6.45, 7) is 8.19. The van der Waals surface area contributed by atoms with Crippen LogP contribution in [0.4, 0.5) is 4.79 Å². The van der Waals surface area contributed by atoms with Gasteiger partial charge in [0.05, 0.1) is 12.2 Å². The molecule has 2 amide bonds. The first-order chi connectivity index (χ1) is 9.65. The SMILES string of the molecule is CC(C)COC1CCN(C(=O)NCC2CCCO2)CC1. The van der Waals surface area contributed by atoms with Crippen LogP contribution in [0.15, 0.2) is 0 Å². The number of rotatable bonds is 5. The highest BCUT2D eigenvalue weighted by Gasteiger charge is 2.24. The van der Waals surface area contributed by atoms with Gasteiger partial charge in [-0.2, -0.15) is 0 Å². The molecule has 0 radical (unpaired) electrons. The van der Waals surface area contributed by atoms with E-state index in [1.54, 1.807) is 0 Å². The molecule has 0 aliphatic carbocycles. The van der Waals surface area contributed by atoms with Crippen LogP contribution in [-0.4, -0.2) is 56.0 Å². The Morgan fingerprint density at radius 1 is 1.35 bits per heavy atom. The zero-order chi connectivity index (χ0) is 14.4. The summed E-state index contributed by atoms with van der Waals surface area (Å²) >= 11 is 0. The maximum Gasteiger partial charge on any atom is 0.317 e. The van der Waals surface area contributed by atoms with E-state index in [1.165, 1.54) is 0 Å². The molecule has 5 nitrogen and oxygen atoms in total. The fourth-order valence-electron chi connectivity index (χ4n) is 2.67. The second-order valence-corrected chi connectivity index (χ2v) is 6.23. The number of urea groups is 1. The lowest BCUT2D eigenvalue weighted by atomic mass is 10.1. The summed E-state index contributed by atoms with van der Waals surface area (Å²) in [6, 6.07) is 0.0443. The molecule has 2 rings (SSSR count). The third-order valence-electron chi connectivity index (χ3n) is 3.90. The molecule has 0 saturated carbocycles. The van der Waals surface area contributed by atoms with Gasteiger partial charge in [-0.3, -0.25) is 0 Å². The Hall–Kier alpha value is -0.810. The molecule has 2 aliphatic heterocycles. The second-order valence-electron chi connectivity index (χ2n) is 6.23. The van der Waals surface area contributed by atoms with Crippen molar-refractivity contribution in [2.45, 2.75) is 51.7 Å². The number of ether oxygens (including phenoxy) is 2. The number of carbonyl (C=O) groups excluding carboxylic acids is 1. The van der Waals surface area contributed by atoms with E-state index in [0.29, 0.717) is 18.6 Å². The molecule has 0 aromatic rings. The first kappa shape index (κ1) is 15.6. The maximum atomic E-state index is 12.0. The fourth-order valence-corrected chi connectivity index (χ4v) is 2.67. The minimum absolute atomic E-state index is 0.0443. The Morgan fingerprint density at radius 3 is 2.70 bits per heavy atom. The number of hydrogen-bond donors (Lipinski definition) is 1. The van der Waals surface area contributed by atoms with Crippen LogP contribution in [0.1, 0.15) is 39.5 Å². The summed E-state index contributed by atoms with van der Waals surface area (Å²) in [7, 11) is 0. The first-order valence-corrected chi connectivity index (χ1v) is 7.91. The van der Waals surface area contributed by atoms with Crippen molar-refractivity contribution in [1.29, 1.82) is 0 Å². The molecule has 20 heavy (non-hydrogen) atoms. The molecular formula is C15H28N2O3. The van der Waals surface area contributed by atoms with Crippen molar-refractivity contribution in [3.05, 3.63) is 0 Å². The van der Waals surface area contributed by atoms with Crippen LogP contribution in [-0.2, 0) is 9.47 Å². The van der Waals surface area contributed by atoms with Crippen molar-refractivity contribution in [3.63, 3.8) is 0 Å². The predicted molar refractivity (Wildman–Crippen MR) is 77.8 cm³/mol. The third-order valence-corrected chi connectivity index (χ3v) is 3.90. The number of likely N-dealkylation sites (tertiary alicyclic amines) is 1. The van der Waals surface area contributed by atoms with Gasteiger partial charge in [-0.25, -0.2) is 4.79 Å². The van der Waals surface area contributed by atoms with Crippen LogP contribution in [0.25, 0.3) is 0 Å². The summed E-state index contributed by atoms with van der Waals surface area (Å²) in [4.78, 5) is 13.9. The van der Waals surface area contributed by atoms with Gasteiger partial charge < -0.3 is 19.7 Å². The summed E-state index contributed by atoms with van der Waals surface area (Å²) in [5.41, 5.74) is 0. The summed E-state index contributed by atoms with van der Waals surface area (Å²) in [5.74, 6) is 0.572. The molecule has 5 heteroatoms. The molecule has 1 N–H and O–H groups in total. The quantitative estimate of drug-likeness (QED) is 0.840. The molecule has 2 aliphatic rings. The van der Waals surface area contributed by atoms with Crippen molar-refractivity contribution in [3.8, 4) is 0 Å². The Morgan fingerprint density at radius 2 is 2.10 bits per heavy atom. The normalized spacial score (nSPS) is 24.4. The van der Waals surface area contributed by atoms with E-state index in [2.05, 4.69) is 19.2 Å². The number of hydrogen-bond acceptors (Lipinski definition) is 3. The van der Waals surface area contributed by atoms with Gasteiger partial charge in [0.15, 0.2) is 0 Å². The Kier molecular flexibility index (Phi) is 6.10. The molecule has 0 spiro atoms. The van der Waals surface area contributed by atoms with Crippen LogP contribution in [0, 0.1) is 5.92 Å². The standard InChI is InChI=1S/C15H28N2O3/c1-12(2)11-20-13-5-7-17(8-6-13)15(18)16-10-14-4-3-9-19-14/h12-14H,3-11H2,1-2H3,(H,16,18). The number of amides is 2. The lowest BCUT2D eigenvalue weighted by molar-refractivity contribution is 0.00187. The number of piperidine rings is 1. The fraction of sp³-hybridized carbons (Fsp3) is 0.933. The molecule has 1 atom stereocenters. The van der Waals surface area contributed by atoms with Gasteiger partial charge in [-0.05, 0) is 31.6 Å². The minimum Gasteiger partial charge on any atom is -0.378 e. The van der Waals surface area contributed by atoms with Crippen LogP contribution in [0.5, 0.6) is 0 Å². The van der Waals surface area contributed by atoms with E-state index in [1.807, 2.05) is 4.90 Å². The van der Waals surface area contributed by atoms with Crippen LogP contribution < -0.4 is 5.32 Å². The van der Waals surface area contributed by atoms with E-state index in [9.17, 15) is 4.79 Å². The zero-order valence-electron chi connectivity index (χ0n) is 12.8. The van der Waals surface area contributed by atoms with Gasteiger partial charge in [-0.15, -0.1) is 0 Å². The van der Waals surface area contributed by atoms with Crippen LogP contribution >= 0.6 is 0 Å². The molecule has 2 saturated heterocycles. The molecule has 2 fully saturated rings. The predicted octanol–water partition coefficient (Wildman–Crippen LogP) is 2.01. The van der Waals surface area contributed by atoms with E-state index in [4.69, 9.17) is 9.47 Å². The Bertz CT molecular complexity index is 295. The van der Waals surface area contributed by atoms with Crippen molar-refractivity contribution < 1.29 is 14.3 Å². The lowest BCUT2D eigenvalue weighted by Gasteiger charge is -2.32. The summed E-state index contributed by atoms with van der Waals surface area (Å²) < 4.78 is 11.3. The third kappa shape index (κ3) is 4.94. The molecule has 2 heterocycles. The largest absolute Gasteiger partial charge is 0.378 e. The van der Waals surface area contributed by atoms with Crippen LogP contribution in [0.3, 0.4) is 0 Å². The zero-order valence-corrected chi connectivity index (χ0v) is 12.8. The van der Waals surface area contributed by atoms with E-state index in [0.717, 1.165) is 52.0 Å². The van der Waals surface area contributed by atoms with E-state index >= 15 is 0 Å². The molecule has 0 aromatic carbocycles. The minimum atomic E-state index is 0.0443. The highest BCUT2D eigenvalue weighted by Crippen LogP contribution is 2.15. The Balaban J connectivity index is 1.61. The van der Waals surface area contributed by atoms with Crippen molar-refractivity contribution in [1.82, 2.24) is 10.2 Å². The molecule has 116 valence electrons. The van der Waals surface area contributed by atoms with Gasteiger partial charge in [0.25, 0.3) is 0 Å². The van der Waals surface area contributed by atoms with E-state index < -0.39 is 0 Å². The smallest absolute Gasteiger partial charge is 0.317 e. The van der Waals surface area contributed by atoms with Gasteiger partial charge in [0.2, 0.25) is 0 Å². The number of nitrogens with zero attached hydrogens (tertiary/aromatic N) is 1. The lowest BCUT2D eigenvalue weighted by Crippen LogP contribution is -2.47. The summed E-state index contributed by atoms with van der Waals surface area (Å²) in [5, 5.41) is 2.98. The van der Waals surface area contributed by atoms with E-state index in [-0.39, 0.29) is 12.1 Å². The first-order valence-electron chi connectivity index (χ1n) is 7.91. The topological polar surface area (TPSA) is 50.8 Å². The van der Waals surface area contributed by atoms with Crippen LogP contribution in [0.2, 0.25) is 0 Å². The molecule has 0 aromatic heterocycles. The highest BCUT2D eigenvalue weighted by atomic mass is 16.5. The highest BCUT2D eigenvalue weighted by molar-refractivity contribution is 5.74. The average molecular weight is 284 g/mol. The molecular weight excluding hydrogens is 256 g/mol. The Labute approximate surface area is 122 Å². The summed E-state index contributed by atoms with van der Waals surface area (Å²) in [6.07, 6.45) is 4.59. The van der Waals surface area contributed by atoms with Gasteiger partial charge >= 0.3 is 6.03 Å². The number of carbonyl (C=O) groups is 1. The van der Waals surface area contributed by atoms with Crippen molar-refractivity contribution in [2.24, 2.45) is 5.92 Å². The number of nitrogens with one attached hydrogen (secondary N) is 1. The monoisotopic (exact) mass is 284 g/mol. The van der Waals surface area contributed by atoms with Gasteiger partial charge in [0.1, 0.15) is 0 Å². The van der Waals surface area contributed by atoms with Crippen molar-refractivity contribution >= 4 is 6.03 Å². The molecule has 1 unspecified atom stereocenters. The maximum absolute atomic E-state index is 12.0. The van der Waals surface area contributed by atoms with Crippen molar-refractivity contribution in [2.75, 3.05) is 32.8 Å². The second kappa shape index (κ2) is 7.84. The average Bonchev–Trinajstić information content (AvgIpc) is 2.96.